The minimum atomic E-state index is -0.948. The summed E-state index contributed by atoms with van der Waals surface area (Å²) in [6.07, 6.45) is 2.27. The van der Waals surface area contributed by atoms with Crippen LogP contribution in [0.3, 0.4) is 0 Å². The van der Waals surface area contributed by atoms with Crippen molar-refractivity contribution in [3.63, 3.8) is 0 Å². The van der Waals surface area contributed by atoms with Gasteiger partial charge in [0.15, 0.2) is 11.6 Å². The maximum absolute atomic E-state index is 14.0. The molecule has 0 spiro atoms. The lowest BCUT2D eigenvalue weighted by Gasteiger charge is -2.08. The zero-order valence-corrected chi connectivity index (χ0v) is 10.8. The molecule has 0 aromatic heterocycles. The molecule has 2 aromatic carbocycles. The Balaban J connectivity index is 1.87. The standard InChI is InChI=1S/C16H14F3N/c17-14-3-1-2-13(16(14)19)10-4-5-11(15(18)8-10)9-20-12-6-7-12/h1-5,8,12,20H,6-7,9H2. The molecule has 0 aliphatic heterocycles. The normalized spacial score (nSPS) is 14.6. The topological polar surface area (TPSA) is 12.0 Å². The smallest absolute Gasteiger partial charge is 0.166 e. The van der Waals surface area contributed by atoms with Crippen molar-refractivity contribution in [3.8, 4) is 11.1 Å². The van der Waals surface area contributed by atoms with E-state index in [0.29, 0.717) is 23.7 Å². The first-order valence-corrected chi connectivity index (χ1v) is 6.61. The Morgan fingerprint density at radius 3 is 2.50 bits per heavy atom. The molecular weight excluding hydrogens is 263 g/mol. The number of halogens is 3. The molecule has 0 bridgehead atoms. The molecule has 3 rings (SSSR count). The lowest BCUT2D eigenvalue weighted by atomic mass is 10.0. The van der Waals surface area contributed by atoms with Gasteiger partial charge in [-0.15, -0.1) is 0 Å². The van der Waals surface area contributed by atoms with Crippen LogP contribution in [-0.2, 0) is 6.54 Å². The van der Waals surface area contributed by atoms with E-state index in [9.17, 15) is 13.2 Å². The molecule has 1 aliphatic rings. The van der Waals surface area contributed by atoms with Crippen LogP contribution in [0.4, 0.5) is 13.2 Å². The lowest BCUT2D eigenvalue weighted by molar-refractivity contribution is 0.511. The zero-order valence-electron chi connectivity index (χ0n) is 10.8. The van der Waals surface area contributed by atoms with Crippen molar-refractivity contribution < 1.29 is 13.2 Å². The highest BCUT2D eigenvalue weighted by molar-refractivity contribution is 5.64. The van der Waals surface area contributed by atoms with Gasteiger partial charge in [-0.1, -0.05) is 24.3 Å². The minimum absolute atomic E-state index is 0.0746. The molecule has 4 heteroatoms. The van der Waals surface area contributed by atoms with Crippen LogP contribution in [0.5, 0.6) is 0 Å². The summed E-state index contributed by atoms with van der Waals surface area (Å²) in [6.45, 7) is 0.461. The summed E-state index contributed by atoms with van der Waals surface area (Å²) in [5, 5.41) is 3.22. The molecule has 0 atom stereocenters. The maximum atomic E-state index is 14.0. The molecule has 1 saturated carbocycles. The van der Waals surface area contributed by atoms with Crippen molar-refractivity contribution in [2.75, 3.05) is 0 Å². The van der Waals surface area contributed by atoms with E-state index in [-0.39, 0.29) is 5.56 Å². The monoisotopic (exact) mass is 277 g/mol. The van der Waals surface area contributed by atoms with Gasteiger partial charge in [0.2, 0.25) is 0 Å². The minimum Gasteiger partial charge on any atom is -0.310 e. The van der Waals surface area contributed by atoms with E-state index in [1.807, 2.05) is 0 Å². The lowest BCUT2D eigenvalue weighted by Crippen LogP contribution is -2.16. The van der Waals surface area contributed by atoms with Crippen LogP contribution in [0.25, 0.3) is 11.1 Å². The van der Waals surface area contributed by atoms with Gasteiger partial charge >= 0.3 is 0 Å². The summed E-state index contributed by atoms with van der Waals surface area (Å²) in [7, 11) is 0. The van der Waals surface area contributed by atoms with E-state index < -0.39 is 17.5 Å². The maximum Gasteiger partial charge on any atom is 0.166 e. The van der Waals surface area contributed by atoms with Crippen molar-refractivity contribution in [2.24, 2.45) is 0 Å². The second kappa shape index (κ2) is 5.29. The van der Waals surface area contributed by atoms with Crippen molar-refractivity contribution in [1.29, 1.82) is 0 Å². The third kappa shape index (κ3) is 2.70. The Bertz CT molecular complexity index is 636. The molecule has 0 radical (unpaired) electrons. The van der Waals surface area contributed by atoms with Crippen molar-refractivity contribution in [1.82, 2.24) is 5.32 Å². The van der Waals surface area contributed by atoms with E-state index in [2.05, 4.69) is 5.32 Å². The van der Waals surface area contributed by atoms with Crippen molar-refractivity contribution >= 4 is 0 Å². The predicted octanol–water partition coefficient (Wildman–Crippen LogP) is 4.02. The van der Waals surface area contributed by atoms with Crippen LogP contribution in [0.15, 0.2) is 36.4 Å². The van der Waals surface area contributed by atoms with Gasteiger partial charge in [0, 0.05) is 23.7 Å². The molecule has 0 amide bonds. The van der Waals surface area contributed by atoms with Gasteiger partial charge in [0.05, 0.1) is 0 Å². The molecule has 1 nitrogen and oxygen atoms in total. The van der Waals surface area contributed by atoms with Gasteiger partial charge in [-0.05, 0) is 30.5 Å². The molecule has 0 saturated heterocycles. The Morgan fingerprint density at radius 1 is 1.00 bits per heavy atom. The summed E-state index contributed by atoms with van der Waals surface area (Å²) in [6, 6.07) is 8.87. The molecule has 0 unspecified atom stereocenters. The van der Waals surface area contributed by atoms with E-state index >= 15 is 0 Å². The van der Waals surface area contributed by atoms with Gasteiger partial charge in [0.25, 0.3) is 0 Å². The third-order valence-electron chi connectivity index (χ3n) is 3.47. The highest BCUT2D eigenvalue weighted by Gasteiger charge is 2.20. The van der Waals surface area contributed by atoms with Gasteiger partial charge in [-0.25, -0.2) is 13.2 Å². The number of hydrogen-bond acceptors (Lipinski definition) is 1. The first kappa shape index (κ1) is 13.2. The van der Waals surface area contributed by atoms with Crippen molar-refractivity contribution in [2.45, 2.75) is 25.4 Å². The molecule has 104 valence electrons. The van der Waals surface area contributed by atoms with Crippen LogP contribution in [0.2, 0.25) is 0 Å². The average Bonchev–Trinajstić information content (AvgIpc) is 3.25. The summed E-state index contributed by atoms with van der Waals surface area (Å²) >= 11 is 0. The van der Waals surface area contributed by atoms with E-state index in [4.69, 9.17) is 0 Å². The molecule has 1 aliphatic carbocycles. The largest absolute Gasteiger partial charge is 0.310 e. The number of benzene rings is 2. The quantitative estimate of drug-likeness (QED) is 0.890. The van der Waals surface area contributed by atoms with Crippen molar-refractivity contribution in [3.05, 3.63) is 59.4 Å². The fourth-order valence-corrected chi connectivity index (χ4v) is 2.13. The molecule has 2 aromatic rings. The highest BCUT2D eigenvalue weighted by Crippen LogP contribution is 2.26. The molecule has 1 N–H and O–H groups in total. The Hall–Kier alpha value is -1.81. The summed E-state index contributed by atoms with van der Waals surface area (Å²) < 4.78 is 40.8. The first-order valence-electron chi connectivity index (χ1n) is 6.61. The molecule has 0 heterocycles. The SMILES string of the molecule is Fc1cc(-c2cccc(F)c2F)ccc1CNC1CC1. The Labute approximate surface area is 115 Å². The Kier molecular flexibility index (Phi) is 3.49. The fraction of sp³-hybridized carbons (Fsp3) is 0.250. The van der Waals surface area contributed by atoms with Gasteiger partial charge in [-0.2, -0.15) is 0 Å². The summed E-state index contributed by atoms with van der Waals surface area (Å²) in [5.41, 5.74) is 0.956. The Morgan fingerprint density at radius 2 is 1.80 bits per heavy atom. The van der Waals surface area contributed by atoms with Gasteiger partial charge < -0.3 is 5.32 Å². The number of hydrogen-bond donors (Lipinski definition) is 1. The van der Waals surface area contributed by atoms with Gasteiger partial charge in [0.1, 0.15) is 5.82 Å². The summed E-state index contributed by atoms with van der Waals surface area (Å²) in [4.78, 5) is 0. The van der Waals surface area contributed by atoms with Crippen LogP contribution < -0.4 is 5.32 Å². The number of nitrogens with one attached hydrogen (secondary N) is 1. The van der Waals surface area contributed by atoms with Gasteiger partial charge in [-0.3, -0.25) is 0 Å². The molecule has 1 fully saturated rings. The molecular formula is C16H14F3N. The van der Waals surface area contributed by atoms with E-state index in [1.54, 1.807) is 12.1 Å². The third-order valence-corrected chi connectivity index (χ3v) is 3.47. The predicted molar refractivity (Wildman–Crippen MR) is 71.6 cm³/mol. The summed E-state index contributed by atoms with van der Waals surface area (Å²) in [5.74, 6) is -2.28. The second-order valence-electron chi connectivity index (χ2n) is 5.06. The number of rotatable bonds is 4. The van der Waals surface area contributed by atoms with Crippen LogP contribution >= 0.6 is 0 Å². The zero-order chi connectivity index (χ0) is 14.1. The average molecular weight is 277 g/mol. The second-order valence-corrected chi connectivity index (χ2v) is 5.06. The van der Waals surface area contributed by atoms with Crippen LogP contribution in [0, 0.1) is 17.5 Å². The van der Waals surface area contributed by atoms with E-state index in [0.717, 1.165) is 18.9 Å². The highest BCUT2D eigenvalue weighted by atomic mass is 19.2. The van der Waals surface area contributed by atoms with E-state index in [1.165, 1.54) is 18.2 Å². The van der Waals surface area contributed by atoms with Crippen LogP contribution in [0.1, 0.15) is 18.4 Å². The molecule has 20 heavy (non-hydrogen) atoms. The fourth-order valence-electron chi connectivity index (χ4n) is 2.13. The van der Waals surface area contributed by atoms with Crippen LogP contribution in [-0.4, -0.2) is 6.04 Å². The first-order chi connectivity index (χ1) is 9.65.